The smallest absolute Gasteiger partial charge is 0.252 e. The van der Waals surface area contributed by atoms with E-state index in [0.29, 0.717) is 23.2 Å². The quantitative estimate of drug-likeness (QED) is 0.890. The number of carbonyl (C=O) groups is 1. The average molecular weight is 283 g/mol. The van der Waals surface area contributed by atoms with Crippen molar-refractivity contribution >= 4 is 22.6 Å². The largest absolute Gasteiger partial charge is 0.384 e. The Morgan fingerprint density at radius 1 is 1.29 bits per heavy atom. The fourth-order valence-corrected chi connectivity index (χ4v) is 3.20. The van der Waals surface area contributed by atoms with Crippen LogP contribution in [-0.2, 0) is 0 Å². The first kappa shape index (κ1) is 13.9. The van der Waals surface area contributed by atoms with Gasteiger partial charge in [-0.2, -0.15) is 0 Å². The summed E-state index contributed by atoms with van der Waals surface area (Å²) in [7, 11) is 0. The van der Waals surface area contributed by atoms with E-state index < -0.39 is 0 Å². The van der Waals surface area contributed by atoms with Crippen molar-refractivity contribution in [3.8, 4) is 0 Å². The van der Waals surface area contributed by atoms with Crippen LogP contribution >= 0.6 is 0 Å². The van der Waals surface area contributed by atoms with E-state index in [1.54, 1.807) is 6.07 Å². The van der Waals surface area contributed by atoms with Gasteiger partial charge in [-0.1, -0.05) is 32.0 Å². The van der Waals surface area contributed by atoms with Gasteiger partial charge in [0.05, 0.1) is 11.1 Å². The van der Waals surface area contributed by atoms with E-state index in [9.17, 15) is 4.79 Å². The van der Waals surface area contributed by atoms with Gasteiger partial charge in [0.2, 0.25) is 0 Å². The van der Waals surface area contributed by atoms with Crippen LogP contribution < -0.4 is 11.1 Å². The third-order valence-corrected chi connectivity index (χ3v) is 4.76. The summed E-state index contributed by atoms with van der Waals surface area (Å²) in [5.74, 6) is 1.51. The van der Waals surface area contributed by atoms with Crippen LogP contribution in [0.3, 0.4) is 0 Å². The van der Waals surface area contributed by atoms with Gasteiger partial charge < -0.3 is 11.1 Å². The molecule has 3 N–H and O–H groups in total. The second-order valence-electron chi connectivity index (χ2n) is 6.11. The Morgan fingerprint density at radius 2 is 2.05 bits per heavy atom. The van der Waals surface area contributed by atoms with E-state index in [-0.39, 0.29) is 11.9 Å². The van der Waals surface area contributed by atoms with Gasteiger partial charge in [0, 0.05) is 11.4 Å². The van der Waals surface area contributed by atoms with Gasteiger partial charge in [-0.15, -0.1) is 0 Å². The van der Waals surface area contributed by atoms with E-state index in [0.717, 1.165) is 17.3 Å². The fourth-order valence-electron chi connectivity index (χ4n) is 3.20. The van der Waals surface area contributed by atoms with E-state index in [1.807, 2.05) is 24.3 Å². The number of nitrogens with two attached hydrogens (primary N) is 1. The van der Waals surface area contributed by atoms with Crippen molar-refractivity contribution < 1.29 is 4.79 Å². The molecule has 1 saturated carbocycles. The van der Waals surface area contributed by atoms with Crippen LogP contribution in [0.15, 0.2) is 30.3 Å². The third kappa shape index (κ3) is 2.58. The number of fused-ring (bicyclic) bond motifs is 1. The summed E-state index contributed by atoms with van der Waals surface area (Å²) in [5, 5.41) is 4.02. The van der Waals surface area contributed by atoms with Crippen LogP contribution in [0.5, 0.6) is 0 Å². The molecular weight excluding hydrogens is 262 g/mol. The number of carbonyl (C=O) groups excluding carboxylic acids is 1. The Balaban J connectivity index is 1.91. The summed E-state index contributed by atoms with van der Waals surface area (Å²) >= 11 is 0. The molecule has 1 amide bonds. The predicted molar refractivity (Wildman–Crippen MR) is 85.0 cm³/mol. The summed E-state index contributed by atoms with van der Waals surface area (Å²) in [6, 6.07) is 9.52. The van der Waals surface area contributed by atoms with Crippen LogP contribution in [0, 0.1) is 11.8 Å². The first-order chi connectivity index (χ1) is 10.1. The number of nitrogens with one attached hydrogen (secondary N) is 1. The predicted octanol–water partition coefficient (Wildman–Crippen LogP) is 2.98. The molecule has 21 heavy (non-hydrogen) atoms. The second-order valence-corrected chi connectivity index (χ2v) is 6.11. The summed E-state index contributed by atoms with van der Waals surface area (Å²) in [4.78, 5) is 16.9. The number of hydrogen-bond donors (Lipinski definition) is 2. The van der Waals surface area contributed by atoms with Gasteiger partial charge in [0.15, 0.2) is 0 Å². The number of nitrogens with zero attached hydrogens (tertiary/aromatic N) is 1. The van der Waals surface area contributed by atoms with Crippen molar-refractivity contribution in [3.63, 3.8) is 0 Å². The average Bonchev–Trinajstić information content (AvgIpc) is 2.78. The molecule has 1 heterocycles. The van der Waals surface area contributed by atoms with E-state index in [4.69, 9.17) is 5.73 Å². The molecule has 1 aliphatic rings. The molecular formula is C17H21N3O. The maximum Gasteiger partial charge on any atom is 0.252 e. The Morgan fingerprint density at radius 3 is 2.76 bits per heavy atom. The standard InChI is InChI=1S/C17H21N3O/c1-10-7-8-14(11(10)2)20-17(21)13-9-16(18)19-15-6-4-3-5-12(13)15/h3-6,9-11,14H,7-8H2,1-2H3,(H2,18,19)(H,20,21). The Hall–Kier alpha value is -2.10. The lowest BCUT2D eigenvalue weighted by atomic mass is 9.97. The summed E-state index contributed by atoms with van der Waals surface area (Å²) in [6.07, 6.45) is 2.22. The molecule has 1 fully saturated rings. The Kier molecular flexibility index (Phi) is 3.53. The molecule has 2 aromatic rings. The fraction of sp³-hybridized carbons (Fsp3) is 0.412. The molecule has 0 radical (unpaired) electrons. The van der Waals surface area contributed by atoms with Crippen LogP contribution in [0.2, 0.25) is 0 Å². The van der Waals surface area contributed by atoms with Crippen LogP contribution in [-0.4, -0.2) is 16.9 Å². The van der Waals surface area contributed by atoms with E-state index in [2.05, 4.69) is 24.1 Å². The number of benzene rings is 1. The van der Waals surface area contributed by atoms with Crippen molar-refractivity contribution in [3.05, 3.63) is 35.9 Å². The molecule has 1 aromatic heterocycles. The molecule has 4 heteroatoms. The van der Waals surface area contributed by atoms with Gasteiger partial charge in [-0.25, -0.2) is 4.98 Å². The first-order valence-electron chi connectivity index (χ1n) is 7.52. The van der Waals surface area contributed by atoms with Gasteiger partial charge in [0.1, 0.15) is 5.82 Å². The Labute approximate surface area is 124 Å². The maximum atomic E-state index is 12.6. The van der Waals surface area contributed by atoms with Gasteiger partial charge in [-0.3, -0.25) is 4.79 Å². The number of para-hydroxylation sites is 1. The monoisotopic (exact) mass is 283 g/mol. The normalized spacial score (nSPS) is 25.1. The number of amides is 1. The highest BCUT2D eigenvalue weighted by Gasteiger charge is 2.31. The molecule has 0 aliphatic heterocycles. The van der Waals surface area contributed by atoms with Crippen molar-refractivity contribution in [1.82, 2.24) is 10.3 Å². The summed E-state index contributed by atoms with van der Waals surface area (Å²) in [5.41, 5.74) is 7.20. The number of hydrogen-bond acceptors (Lipinski definition) is 3. The number of rotatable bonds is 2. The molecule has 1 aromatic carbocycles. The lowest BCUT2D eigenvalue weighted by Crippen LogP contribution is -2.37. The van der Waals surface area contributed by atoms with Gasteiger partial charge in [0.25, 0.3) is 5.91 Å². The second kappa shape index (κ2) is 5.35. The topological polar surface area (TPSA) is 68.0 Å². The summed E-state index contributed by atoms with van der Waals surface area (Å²) in [6.45, 7) is 4.46. The number of pyridine rings is 1. The SMILES string of the molecule is CC1CCC(NC(=O)c2cc(N)nc3ccccc23)C1C. The van der Waals surface area contributed by atoms with Crippen LogP contribution in [0.1, 0.15) is 37.0 Å². The Bertz CT molecular complexity index is 683. The summed E-state index contributed by atoms with van der Waals surface area (Å²) < 4.78 is 0. The van der Waals surface area contributed by atoms with Crippen molar-refractivity contribution in [2.24, 2.45) is 11.8 Å². The zero-order chi connectivity index (χ0) is 15.0. The lowest BCUT2D eigenvalue weighted by molar-refractivity contribution is 0.0929. The zero-order valence-corrected chi connectivity index (χ0v) is 12.5. The molecule has 3 rings (SSSR count). The van der Waals surface area contributed by atoms with E-state index >= 15 is 0 Å². The molecule has 4 nitrogen and oxygen atoms in total. The van der Waals surface area contributed by atoms with Crippen LogP contribution in [0.4, 0.5) is 5.82 Å². The minimum atomic E-state index is -0.0498. The molecule has 110 valence electrons. The molecule has 0 spiro atoms. The number of anilines is 1. The molecule has 0 saturated heterocycles. The maximum absolute atomic E-state index is 12.6. The molecule has 1 aliphatic carbocycles. The minimum absolute atomic E-state index is 0.0498. The molecule has 0 bridgehead atoms. The highest BCUT2D eigenvalue weighted by molar-refractivity contribution is 6.07. The molecule has 3 unspecified atom stereocenters. The first-order valence-corrected chi connectivity index (χ1v) is 7.52. The zero-order valence-electron chi connectivity index (χ0n) is 12.5. The van der Waals surface area contributed by atoms with Crippen LogP contribution in [0.25, 0.3) is 10.9 Å². The third-order valence-electron chi connectivity index (χ3n) is 4.76. The minimum Gasteiger partial charge on any atom is -0.384 e. The van der Waals surface area contributed by atoms with Gasteiger partial charge >= 0.3 is 0 Å². The molecule has 3 atom stereocenters. The van der Waals surface area contributed by atoms with Crippen molar-refractivity contribution in [2.45, 2.75) is 32.7 Å². The van der Waals surface area contributed by atoms with Crippen molar-refractivity contribution in [2.75, 3.05) is 5.73 Å². The number of aromatic nitrogens is 1. The highest BCUT2D eigenvalue weighted by atomic mass is 16.1. The lowest BCUT2D eigenvalue weighted by Gasteiger charge is -2.20. The highest BCUT2D eigenvalue weighted by Crippen LogP contribution is 2.31. The van der Waals surface area contributed by atoms with E-state index in [1.165, 1.54) is 6.42 Å². The van der Waals surface area contributed by atoms with Crippen molar-refractivity contribution in [1.29, 1.82) is 0 Å². The van der Waals surface area contributed by atoms with Gasteiger partial charge in [-0.05, 0) is 36.8 Å². The number of nitrogen functional groups attached to an aromatic ring is 1.